The molecular weight excluding hydrogens is 324 g/mol. The molecule has 0 aliphatic heterocycles. The molecule has 3 rings (SSSR count). The summed E-state index contributed by atoms with van der Waals surface area (Å²) in [6.45, 7) is 5.55. The van der Waals surface area contributed by atoms with Gasteiger partial charge in [0.05, 0.1) is 11.5 Å². The van der Waals surface area contributed by atoms with Gasteiger partial charge in [0, 0.05) is 28.6 Å². The lowest BCUT2D eigenvalue weighted by molar-refractivity contribution is -0.385. The van der Waals surface area contributed by atoms with Crippen LogP contribution in [0.4, 0.5) is 5.69 Å². The van der Waals surface area contributed by atoms with Gasteiger partial charge in [-0.15, -0.1) is 10.2 Å². The molecule has 25 heavy (non-hydrogen) atoms. The normalized spacial score (nSPS) is 10.8. The number of nitro groups is 1. The maximum atomic E-state index is 12.3. The van der Waals surface area contributed by atoms with Crippen molar-refractivity contribution >= 4 is 17.4 Å². The summed E-state index contributed by atoms with van der Waals surface area (Å²) < 4.78 is 1.77. The number of carbonyl (C=O) groups is 1. The van der Waals surface area contributed by atoms with Crippen LogP contribution in [-0.4, -0.2) is 30.4 Å². The van der Waals surface area contributed by atoms with Crippen molar-refractivity contribution < 1.29 is 9.72 Å². The standard InChI is InChI=1S/C16H16N6O3/c1-9-6-12(4-5-13(9)22(24)25)15(23)17-8-14-19-20-16-18-10(2)7-11(3)21(14)16/h4-7H,8H2,1-3H3,(H,17,23). The van der Waals surface area contributed by atoms with Gasteiger partial charge in [-0.05, 0) is 39.0 Å². The van der Waals surface area contributed by atoms with Crippen molar-refractivity contribution in [2.45, 2.75) is 27.3 Å². The van der Waals surface area contributed by atoms with Gasteiger partial charge in [0.1, 0.15) is 0 Å². The van der Waals surface area contributed by atoms with Gasteiger partial charge in [-0.1, -0.05) is 0 Å². The average molecular weight is 340 g/mol. The number of rotatable bonds is 4. The molecule has 0 saturated carbocycles. The van der Waals surface area contributed by atoms with Gasteiger partial charge < -0.3 is 5.32 Å². The highest BCUT2D eigenvalue weighted by atomic mass is 16.6. The third-order valence-corrected chi connectivity index (χ3v) is 3.82. The van der Waals surface area contributed by atoms with Gasteiger partial charge in [-0.25, -0.2) is 4.98 Å². The Morgan fingerprint density at radius 3 is 2.68 bits per heavy atom. The number of nitrogens with zero attached hydrogens (tertiary/aromatic N) is 5. The smallest absolute Gasteiger partial charge is 0.272 e. The zero-order valence-corrected chi connectivity index (χ0v) is 14.0. The summed E-state index contributed by atoms with van der Waals surface area (Å²) in [7, 11) is 0. The molecule has 0 spiro atoms. The Morgan fingerprint density at radius 2 is 2.00 bits per heavy atom. The molecule has 3 aromatic rings. The van der Waals surface area contributed by atoms with Gasteiger partial charge in [0.15, 0.2) is 5.82 Å². The molecule has 0 saturated heterocycles. The second-order valence-corrected chi connectivity index (χ2v) is 5.73. The summed E-state index contributed by atoms with van der Waals surface area (Å²) in [6.07, 6.45) is 0. The second-order valence-electron chi connectivity index (χ2n) is 5.73. The number of aromatic nitrogens is 4. The van der Waals surface area contributed by atoms with Crippen molar-refractivity contribution in [1.82, 2.24) is 24.9 Å². The van der Waals surface area contributed by atoms with Crippen LogP contribution in [0.15, 0.2) is 24.3 Å². The first kappa shape index (κ1) is 16.5. The lowest BCUT2D eigenvalue weighted by Crippen LogP contribution is -2.24. The molecule has 9 nitrogen and oxygen atoms in total. The molecule has 2 aromatic heterocycles. The molecule has 0 aliphatic carbocycles. The SMILES string of the molecule is Cc1cc(C)n2c(CNC(=O)c3ccc([N+](=O)[O-])c(C)c3)nnc2n1. The van der Waals surface area contributed by atoms with E-state index in [4.69, 9.17) is 0 Å². The number of benzene rings is 1. The van der Waals surface area contributed by atoms with Crippen molar-refractivity contribution in [2.75, 3.05) is 0 Å². The van der Waals surface area contributed by atoms with Crippen LogP contribution >= 0.6 is 0 Å². The lowest BCUT2D eigenvalue weighted by atomic mass is 10.1. The lowest BCUT2D eigenvalue weighted by Gasteiger charge is -2.07. The van der Waals surface area contributed by atoms with E-state index in [1.54, 1.807) is 11.3 Å². The Balaban J connectivity index is 1.79. The zero-order chi connectivity index (χ0) is 18.1. The van der Waals surface area contributed by atoms with Crippen LogP contribution in [0.3, 0.4) is 0 Å². The summed E-state index contributed by atoms with van der Waals surface area (Å²) in [4.78, 5) is 27.0. The third kappa shape index (κ3) is 3.16. The molecule has 0 bridgehead atoms. The minimum absolute atomic E-state index is 0.0166. The van der Waals surface area contributed by atoms with Crippen LogP contribution < -0.4 is 5.32 Å². The second kappa shape index (κ2) is 6.27. The van der Waals surface area contributed by atoms with Gasteiger partial charge in [-0.3, -0.25) is 19.3 Å². The van der Waals surface area contributed by atoms with Gasteiger partial charge in [0.25, 0.3) is 17.4 Å². The van der Waals surface area contributed by atoms with Crippen LogP contribution in [0.5, 0.6) is 0 Å². The minimum atomic E-state index is -0.475. The fourth-order valence-electron chi connectivity index (χ4n) is 2.68. The first-order valence-electron chi connectivity index (χ1n) is 7.58. The number of aryl methyl sites for hydroxylation is 3. The minimum Gasteiger partial charge on any atom is -0.345 e. The predicted octanol–water partition coefficient (Wildman–Crippen LogP) is 1.89. The van der Waals surface area contributed by atoms with Crippen molar-refractivity contribution in [3.05, 3.63) is 62.7 Å². The number of carbonyl (C=O) groups excluding carboxylic acids is 1. The number of hydrogen-bond acceptors (Lipinski definition) is 6. The largest absolute Gasteiger partial charge is 0.345 e. The first-order valence-corrected chi connectivity index (χ1v) is 7.58. The Kier molecular flexibility index (Phi) is 4.14. The van der Waals surface area contributed by atoms with Gasteiger partial charge in [-0.2, -0.15) is 0 Å². The first-order chi connectivity index (χ1) is 11.9. The Labute approximate surface area is 142 Å². The number of nitro benzene ring substituents is 1. The fourth-order valence-corrected chi connectivity index (χ4v) is 2.68. The number of fused-ring (bicyclic) bond motifs is 1. The quantitative estimate of drug-likeness (QED) is 0.573. The Bertz CT molecular complexity index is 995. The molecule has 2 heterocycles. The number of hydrogen-bond donors (Lipinski definition) is 1. The molecular formula is C16H16N6O3. The van der Waals surface area contributed by atoms with Gasteiger partial charge in [0.2, 0.25) is 0 Å². The molecule has 128 valence electrons. The van der Waals surface area contributed by atoms with Crippen LogP contribution in [0.2, 0.25) is 0 Å². The molecule has 9 heteroatoms. The maximum Gasteiger partial charge on any atom is 0.272 e. The summed E-state index contributed by atoms with van der Waals surface area (Å²) >= 11 is 0. The molecule has 0 atom stereocenters. The average Bonchev–Trinajstić information content (AvgIpc) is 2.95. The molecule has 1 amide bonds. The van der Waals surface area contributed by atoms with E-state index in [0.717, 1.165) is 11.4 Å². The monoisotopic (exact) mass is 340 g/mol. The van der Waals surface area contributed by atoms with E-state index in [1.165, 1.54) is 18.2 Å². The van der Waals surface area contributed by atoms with E-state index >= 15 is 0 Å². The van der Waals surface area contributed by atoms with Crippen molar-refractivity contribution in [2.24, 2.45) is 0 Å². The molecule has 1 N–H and O–H groups in total. The van der Waals surface area contributed by atoms with E-state index in [0.29, 0.717) is 22.7 Å². The summed E-state index contributed by atoms with van der Waals surface area (Å²) in [5.41, 5.74) is 2.53. The van der Waals surface area contributed by atoms with Gasteiger partial charge >= 0.3 is 0 Å². The van der Waals surface area contributed by atoms with Crippen LogP contribution in [0.25, 0.3) is 5.78 Å². The molecule has 0 unspecified atom stereocenters. The van der Waals surface area contributed by atoms with Crippen molar-refractivity contribution in [1.29, 1.82) is 0 Å². The number of nitrogens with one attached hydrogen (secondary N) is 1. The van der Waals surface area contributed by atoms with E-state index in [9.17, 15) is 14.9 Å². The Morgan fingerprint density at radius 1 is 1.24 bits per heavy atom. The third-order valence-electron chi connectivity index (χ3n) is 3.82. The van der Waals surface area contributed by atoms with Crippen molar-refractivity contribution in [3.63, 3.8) is 0 Å². The molecule has 0 fully saturated rings. The maximum absolute atomic E-state index is 12.3. The van der Waals surface area contributed by atoms with E-state index in [1.807, 2.05) is 19.9 Å². The fraction of sp³-hybridized carbons (Fsp3) is 0.250. The van der Waals surface area contributed by atoms with Crippen molar-refractivity contribution in [3.8, 4) is 0 Å². The summed E-state index contributed by atoms with van der Waals surface area (Å²) in [6, 6.07) is 6.15. The van der Waals surface area contributed by atoms with Crippen LogP contribution in [0.1, 0.15) is 33.1 Å². The predicted molar refractivity (Wildman–Crippen MR) is 89.3 cm³/mol. The van der Waals surface area contributed by atoms with Crippen LogP contribution in [0, 0.1) is 30.9 Å². The molecule has 0 aliphatic rings. The summed E-state index contributed by atoms with van der Waals surface area (Å²) in [5.74, 6) is 0.701. The van der Waals surface area contributed by atoms with E-state index in [-0.39, 0.29) is 18.1 Å². The zero-order valence-electron chi connectivity index (χ0n) is 14.0. The molecule has 1 aromatic carbocycles. The Hall–Kier alpha value is -3.36. The van der Waals surface area contributed by atoms with E-state index in [2.05, 4.69) is 20.5 Å². The van der Waals surface area contributed by atoms with Crippen LogP contribution in [-0.2, 0) is 6.54 Å². The summed E-state index contributed by atoms with van der Waals surface area (Å²) in [5, 5.41) is 21.7. The van der Waals surface area contributed by atoms with E-state index < -0.39 is 4.92 Å². The number of amides is 1. The highest BCUT2D eigenvalue weighted by Gasteiger charge is 2.15. The topological polar surface area (TPSA) is 115 Å². The highest BCUT2D eigenvalue weighted by molar-refractivity contribution is 5.94. The molecule has 0 radical (unpaired) electrons. The highest BCUT2D eigenvalue weighted by Crippen LogP contribution is 2.18.